The van der Waals surface area contributed by atoms with Crippen molar-refractivity contribution in [1.29, 1.82) is 0 Å². The van der Waals surface area contributed by atoms with E-state index in [1.807, 2.05) is 54.6 Å². The molecule has 3 rings (SSSR count). The average Bonchev–Trinajstić information content (AvgIpc) is 2.73. The summed E-state index contributed by atoms with van der Waals surface area (Å²) in [4.78, 5) is 25.7. The molecule has 3 amide bonds. The van der Waals surface area contributed by atoms with Crippen molar-refractivity contribution in [2.75, 3.05) is 26.7 Å². The van der Waals surface area contributed by atoms with Crippen LogP contribution in [0.25, 0.3) is 0 Å². The molecule has 1 aliphatic rings. The molecule has 0 unspecified atom stereocenters. The van der Waals surface area contributed by atoms with E-state index in [1.54, 1.807) is 11.9 Å². The number of benzene rings is 2. The van der Waals surface area contributed by atoms with Crippen molar-refractivity contribution in [2.45, 2.75) is 19.1 Å². The first-order valence-corrected chi connectivity index (χ1v) is 9.30. The van der Waals surface area contributed by atoms with Crippen LogP contribution in [0.5, 0.6) is 11.5 Å². The Morgan fingerprint density at radius 2 is 1.75 bits per heavy atom. The summed E-state index contributed by atoms with van der Waals surface area (Å²) in [6.45, 7) is 1.54. The second kappa shape index (κ2) is 9.64. The molecule has 0 saturated carbocycles. The lowest BCUT2D eigenvalue weighted by molar-refractivity contribution is -0.131. The van der Waals surface area contributed by atoms with Crippen molar-refractivity contribution in [2.24, 2.45) is 0 Å². The summed E-state index contributed by atoms with van der Waals surface area (Å²) in [5, 5.41) is 5.47. The number of para-hydroxylation sites is 2. The topological polar surface area (TPSA) is 79.9 Å². The second-order valence-corrected chi connectivity index (χ2v) is 6.62. The fourth-order valence-corrected chi connectivity index (χ4v) is 2.87. The largest absolute Gasteiger partial charge is 0.486 e. The number of likely N-dealkylation sites (N-methyl/N-ethyl adjacent to an activating group) is 1. The van der Waals surface area contributed by atoms with Gasteiger partial charge in [-0.2, -0.15) is 0 Å². The van der Waals surface area contributed by atoms with Crippen molar-refractivity contribution < 1.29 is 19.1 Å². The molecule has 1 aliphatic heterocycles. The first kappa shape index (κ1) is 19.5. The van der Waals surface area contributed by atoms with Crippen LogP contribution in [0.4, 0.5) is 4.79 Å². The van der Waals surface area contributed by atoms with Gasteiger partial charge in [-0.3, -0.25) is 4.79 Å². The van der Waals surface area contributed by atoms with Crippen LogP contribution in [0.2, 0.25) is 0 Å². The molecule has 0 saturated heterocycles. The number of carbonyl (C=O) groups is 2. The Bertz CT molecular complexity index is 797. The third-order valence-electron chi connectivity index (χ3n) is 4.39. The van der Waals surface area contributed by atoms with Crippen molar-refractivity contribution >= 4 is 11.9 Å². The van der Waals surface area contributed by atoms with E-state index in [2.05, 4.69) is 10.6 Å². The lowest BCUT2D eigenvalue weighted by atomic mass is 10.2. The van der Waals surface area contributed by atoms with Crippen LogP contribution in [-0.4, -0.2) is 49.7 Å². The van der Waals surface area contributed by atoms with Gasteiger partial charge < -0.3 is 25.0 Å². The molecule has 148 valence electrons. The predicted molar refractivity (Wildman–Crippen MR) is 105 cm³/mol. The summed E-state index contributed by atoms with van der Waals surface area (Å²) >= 11 is 0. The molecular weight excluding hydrogens is 358 g/mol. The van der Waals surface area contributed by atoms with Crippen LogP contribution in [-0.2, 0) is 11.3 Å². The monoisotopic (exact) mass is 383 g/mol. The highest BCUT2D eigenvalue weighted by molar-refractivity contribution is 5.78. The molecule has 7 nitrogen and oxygen atoms in total. The van der Waals surface area contributed by atoms with E-state index in [4.69, 9.17) is 9.47 Å². The summed E-state index contributed by atoms with van der Waals surface area (Å²) in [5.41, 5.74) is 1.02. The highest BCUT2D eigenvalue weighted by Crippen LogP contribution is 2.30. The van der Waals surface area contributed by atoms with Gasteiger partial charge in [0, 0.05) is 26.6 Å². The van der Waals surface area contributed by atoms with Gasteiger partial charge in [-0.05, 0) is 17.7 Å². The zero-order chi connectivity index (χ0) is 19.8. The maximum atomic E-state index is 12.3. The average molecular weight is 383 g/mol. The zero-order valence-corrected chi connectivity index (χ0v) is 15.9. The summed E-state index contributed by atoms with van der Waals surface area (Å²) in [6, 6.07) is 16.8. The van der Waals surface area contributed by atoms with Gasteiger partial charge in [-0.25, -0.2) is 4.79 Å². The molecule has 0 spiro atoms. The Balaban J connectivity index is 1.34. The number of rotatable bonds is 7. The number of amides is 3. The molecule has 0 fully saturated rings. The molecule has 2 aromatic rings. The SMILES string of the molecule is CN(C[C@H]1COc2ccccc2O1)C(=O)CCNC(=O)NCc1ccccc1. The van der Waals surface area contributed by atoms with E-state index in [9.17, 15) is 9.59 Å². The van der Waals surface area contributed by atoms with Gasteiger partial charge in [0.1, 0.15) is 6.61 Å². The second-order valence-electron chi connectivity index (χ2n) is 6.62. The highest BCUT2D eigenvalue weighted by atomic mass is 16.6. The van der Waals surface area contributed by atoms with Crippen molar-refractivity contribution in [1.82, 2.24) is 15.5 Å². The van der Waals surface area contributed by atoms with E-state index in [0.717, 1.165) is 11.3 Å². The fourth-order valence-electron chi connectivity index (χ4n) is 2.87. The molecule has 0 radical (unpaired) electrons. The van der Waals surface area contributed by atoms with Gasteiger partial charge in [0.2, 0.25) is 5.91 Å². The van der Waals surface area contributed by atoms with E-state index in [-0.39, 0.29) is 31.0 Å². The summed E-state index contributed by atoms with van der Waals surface area (Å²) in [6.07, 6.45) is 0.00496. The van der Waals surface area contributed by atoms with Gasteiger partial charge >= 0.3 is 6.03 Å². The highest BCUT2D eigenvalue weighted by Gasteiger charge is 2.23. The minimum absolute atomic E-state index is 0.0641. The normalized spacial score (nSPS) is 14.8. The summed E-state index contributed by atoms with van der Waals surface area (Å²) < 4.78 is 11.5. The van der Waals surface area contributed by atoms with Gasteiger partial charge in [0.25, 0.3) is 0 Å². The standard InChI is InChI=1S/C21H25N3O4/c1-24(14-17-15-27-18-9-5-6-10-19(18)28-17)20(25)11-12-22-21(26)23-13-16-7-3-2-4-8-16/h2-10,17H,11-15H2,1H3,(H2,22,23,26)/t17-/m0/s1. The minimum Gasteiger partial charge on any atom is -0.486 e. The van der Waals surface area contributed by atoms with E-state index >= 15 is 0 Å². The van der Waals surface area contributed by atoms with Crippen LogP contribution in [0.1, 0.15) is 12.0 Å². The number of urea groups is 1. The zero-order valence-electron chi connectivity index (χ0n) is 15.9. The Labute approximate surface area is 164 Å². The van der Waals surface area contributed by atoms with Crippen LogP contribution >= 0.6 is 0 Å². The molecule has 28 heavy (non-hydrogen) atoms. The Morgan fingerprint density at radius 3 is 2.54 bits per heavy atom. The van der Waals surface area contributed by atoms with Crippen LogP contribution in [0.15, 0.2) is 54.6 Å². The van der Waals surface area contributed by atoms with Crippen LogP contribution < -0.4 is 20.1 Å². The van der Waals surface area contributed by atoms with Gasteiger partial charge in [0.05, 0.1) is 6.54 Å². The van der Waals surface area contributed by atoms with E-state index in [1.165, 1.54) is 0 Å². The molecule has 1 atom stereocenters. The molecular formula is C21H25N3O4. The summed E-state index contributed by atoms with van der Waals surface area (Å²) in [7, 11) is 1.72. The number of nitrogens with one attached hydrogen (secondary N) is 2. The number of hydrogen-bond donors (Lipinski definition) is 2. The number of hydrogen-bond acceptors (Lipinski definition) is 4. The maximum absolute atomic E-state index is 12.3. The Kier molecular flexibility index (Phi) is 6.73. The number of fused-ring (bicyclic) bond motifs is 1. The third-order valence-corrected chi connectivity index (χ3v) is 4.39. The molecule has 2 aromatic carbocycles. The number of nitrogens with zero attached hydrogens (tertiary/aromatic N) is 1. The quantitative estimate of drug-likeness (QED) is 0.768. The molecule has 0 aliphatic carbocycles. The summed E-state index contributed by atoms with van der Waals surface area (Å²) in [5.74, 6) is 1.35. The maximum Gasteiger partial charge on any atom is 0.315 e. The van der Waals surface area contributed by atoms with Crippen LogP contribution in [0.3, 0.4) is 0 Å². The molecule has 7 heteroatoms. The lowest BCUT2D eigenvalue weighted by Gasteiger charge is -2.29. The Hall–Kier alpha value is -3.22. The van der Waals surface area contributed by atoms with E-state index < -0.39 is 0 Å². The minimum atomic E-state index is -0.292. The van der Waals surface area contributed by atoms with Crippen molar-refractivity contribution in [3.63, 3.8) is 0 Å². The first-order valence-electron chi connectivity index (χ1n) is 9.30. The fraction of sp³-hybridized carbons (Fsp3) is 0.333. The number of carbonyl (C=O) groups excluding carboxylic acids is 2. The first-order chi connectivity index (χ1) is 13.6. The Morgan fingerprint density at radius 1 is 1.04 bits per heavy atom. The molecule has 0 aromatic heterocycles. The smallest absolute Gasteiger partial charge is 0.315 e. The molecule has 0 bridgehead atoms. The predicted octanol–water partition coefficient (Wildman–Crippen LogP) is 2.17. The molecule has 2 N–H and O–H groups in total. The van der Waals surface area contributed by atoms with Gasteiger partial charge in [-0.1, -0.05) is 42.5 Å². The van der Waals surface area contributed by atoms with E-state index in [0.29, 0.717) is 25.4 Å². The van der Waals surface area contributed by atoms with Gasteiger partial charge in [-0.15, -0.1) is 0 Å². The van der Waals surface area contributed by atoms with Crippen LogP contribution in [0, 0.1) is 0 Å². The van der Waals surface area contributed by atoms with Crippen molar-refractivity contribution in [3.05, 3.63) is 60.2 Å². The van der Waals surface area contributed by atoms with Gasteiger partial charge in [0.15, 0.2) is 17.6 Å². The molecule has 1 heterocycles. The number of ether oxygens (including phenoxy) is 2. The van der Waals surface area contributed by atoms with Crippen molar-refractivity contribution in [3.8, 4) is 11.5 Å². The third kappa shape index (κ3) is 5.64. The lowest BCUT2D eigenvalue weighted by Crippen LogP contribution is -2.43.